The van der Waals surface area contributed by atoms with Crippen molar-refractivity contribution in [3.63, 3.8) is 0 Å². The number of ketones is 1. The van der Waals surface area contributed by atoms with Gasteiger partial charge < -0.3 is 0 Å². The summed E-state index contributed by atoms with van der Waals surface area (Å²) in [6, 6.07) is -0.407. The van der Waals surface area contributed by atoms with E-state index in [2.05, 4.69) is 11.4 Å². The zero-order valence-electron chi connectivity index (χ0n) is 16.3. The van der Waals surface area contributed by atoms with Crippen LogP contribution in [0.4, 0.5) is 0 Å². The molecule has 4 aliphatic rings. The molecule has 4 atom stereocenters. The van der Waals surface area contributed by atoms with Crippen molar-refractivity contribution >= 4 is 29.4 Å². The fourth-order valence-corrected chi connectivity index (χ4v) is 5.40. The molecule has 2 bridgehead atoms. The fraction of sp³-hybridized carbons (Fsp3) is 0.348. The van der Waals surface area contributed by atoms with Crippen molar-refractivity contribution < 1.29 is 14.4 Å². The van der Waals surface area contributed by atoms with Gasteiger partial charge >= 0.3 is 0 Å². The molecule has 0 radical (unpaired) electrons. The largest absolute Gasteiger partial charge is 0.299 e. The Morgan fingerprint density at radius 2 is 1.66 bits per heavy atom. The van der Waals surface area contributed by atoms with Crippen molar-refractivity contribution in [2.75, 3.05) is 12.3 Å². The lowest BCUT2D eigenvalue weighted by Crippen LogP contribution is -2.36. The van der Waals surface area contributed by atoms with E-state index in [9.17, 15) is 14.4 Å². The molecule has 4 rings (SSSR count). The molecule has 4 unspecified atom stereocenters. The monoisotopic (exact) mass is 408 g/mol. The summed E-state index contributed by atoms with van der Waals surface area (Å²) in [6.07, 6.45) is 20.1. The smallest absolute Gasteiger partial charge is 0.242 e. The zero-order valence-corrected chi connectivity index (χ0v) is 17.1. The molecule has 150 valence electrons. The molecule has 0 aromatic heterocycles. The van der Waals surface area contributed by atoms with Gasteiger partial charge in [-0.2, -0.15) is 0 Å². The van der Waals surface area contributed by atoms with Crippen LogP contribution >= 0.6 is 11.8 Å². The summed E-state index contributed by atoms with van der Waals surface area (Å²) in [5, 5.41) is 3.10. The highest BCUT2D eigenvalue weighted by Gasteiger charge is 2.46. The van der Waals surface area contributed by atoms with Crippen molar-refractivity contribution in [2.24, 2.45) is 5.92 Å². The van der Waals surface area contributed by atoms with E-state index in [0.717, 1.165) is 11.1 Å². The first-order valence-corrected chi connectivity index (χ1v) is 11.0. The first-order valence-electron chi connectivity index (χ1n) is 9.95. The van der Waals surface area contributed by atoms with Crippen molar-refractivity contribution in [2.45, 2.75) is 30.7 Å². The average Bonchev–Trinajstić information content (AvgIpc) is 3.17. The third-order valence-corrected chi connectivity index (χ3v) is 6.96. The van der Waals surface area contributed by atoms with Crippen LogP contribution in [0.5, 0.6) is 0 Å². The highest BCUT2D eigenvalue weighted by atomic mass is 32.2. The Hall–Kier alpha value is -2.44. The maximum absolute atomic E-state index is 13.2. The minimum absolute atomic E-state index is 0.0705. The molecular formula is C23H24N2O3S. The Morgan fingerprint density at radius 1 is 1.00 bits per heavy atom. The van der Waals surface area contributed by atoms with Crippen LogP contribution < -0.4 is 5.32 Å². The van der Waals surface area contributed by atoms with Gasteiger partial charge in [0, 0.05) is 24.8 Å². The van der Waals surface area contributed by atoms with Gasteiger partial charge in [-0.25, -0.2) is 0 Å². The van der Waals surface area contributed by atoms with Crippen LogP contribution in [-0.2, 0) is 14.4 Å². The zero-order chi connectivity index (χ0) is 20.4. The number of likely N-dealkylation sites (tertiary alicyclic amines) is 1. The molecule has 2 saturated heterocycles. The summed E-state index contributed by atoms with van der Waals surface area (Å²) < 4.78 is 0. The Kier molecular flexibility index (Phi) is 5.83. The van der Waals surface area contributed by atoms with Crippen LogP contribution in [0.25, 0.3) is 0 Å². The third kappa shape index (κ3) is 3.87. The molecule has 2 aliphatic carbocycles. The van der Waals surface area contributed by atoms with E-state index in [4.69, 9.17) is 0 Å². The number of thioether (sulfide) groups is 1. The fourth-order valence-electron chi connectivity index (χ4n) is 4.19. The molecule has 1 N–H and O–H groups in total. The van der Waals surface area contributed by atoms with Gasteiger partial charge in [0.25, 0.3) is 0 Å². The molecule has 0 aromatic carbocycles. The number of carbonyl (C=O) groups is 3. The predicted molar refractivity (Wildman–Crippen MR) is 115 cm³/mol. The Morgan fingerprint density at radius 3 is 2.34 bits per heavy atom. The van der Waals surface area contributed by atoms with Gasteiger partial charge in [-0.15, -0.1) is 11.8 Å². The van der Waals surface area contributed by atoms with E-state index >= 15 is 0 Å². The Balaban J connectivity index is 1.51. The minimum atomic E-state index is -0.381. The number of carbonyl (C=O) groups excluding carboxylic acids is 3. The summed E-state index contributed by atoms with van der Waals surface area (Å²) in [6.45, 7) is 2.21. The van der Waals surface area contributed by atoms with Crippen LogP contribution in [0.1, 0.15) is 13.3 Å². The number of allylic oxidation sites excluding steroid dienone is 9. The van der Waals surface area contributed by atoms with E-state index in [1.165, 1.54) is 16.7 Å². The second-order valence-corrected chi connectivity index (χ2v) is 8.64. The van der Waals surface area contributed by atoms with Gasteiger partial charge in [-0.3, -0.25) is 24.6 Å². The average molecular weight is 409 g/mol. The molecule has 0 spiro atoms. The Bertz CT molecular complexity index is 909. The molecule has 5 nitrogen and oxygen atoms in total. The SMILES string of the molecule is CCN1C(=O)CC(SCC2NC3/C4=C/C=C\C=C/C=C\C=C(C=C4)\C3C2=O)C1=O. The van der Waals surface area contributed by atoms with Gasteiger partial charge in [0.15, 0.2) is 5.78 Å². The number of hydrogen-bond acceptors (Lipinski definition) is 5. The van der Waals surface area contributed by atoms with E-state index < -0.39 is 0 Å². The third-order valence-electron chi connectivity index (χ3n) is 5.67. The quantitative estimate of drug-likeness (QED) is 0.724. The predicted octanol–water partition coefficient (Wildman–Crippen LogP) is 2.50. The number of rotatable bonds is 4. The number of amides is 2. The van der Waals surface area contributed by atoms with Crippen molar-refractivity contribution in [1.82, 2.24) is 10.2 Å². The molecule has 2 amide bonds. The van der Waals surface area contributed by atoms with Crippen LogP contribution in [0.3, 0.4) is 0 Å². The van der Waals surface area contributed by atoms with Gasteiger partial charge in [-0.1, -0.05) is 60.8 Å². The molecule has 0 saturated carbocycles. The van der Waals surface area contributed by atoms with Gasteiger partial charge in [0.1, 0.15) is 0 Å². The first kappa shape index (κ1) is 19.9. The number of nitrogens with one attached hydrogen (secondary N) is 1. The molecule has 2 fully saturated rings. The molecule has 29 heavy (non-hydrogen) atoms. The normalized spacial score (nSPS) is 38.0. The summed E-state index contributed by atoms with van der Waals surface area (Å²) in [4.78, 5) is 38.8. The standard InChI is InChI=1S/C23H24N2O3S/c1-2-25-19(26)13-18(23(25)28)29-14-17-22(27)20-15-9-7-5-3-4-6-8-10-16(12-11-15)21(20)24-17/h3-12,17-18,20-21,24H,2,13-14H2,1H3/b4-3-,5-3?,6-4?,7-5-,8-6-,9-7?,10-8?,15-9+,16-10+. The van der Waals surface area contributed by atoms with Gasteiger partial charge in [0.2, 0.25) is 11.8 Å². The van der Waals surface area contributed by atoms with E-state index in [-0.39, 0.29) is 47.3 Å². The van der Waals surface area contributed by atoms with Crippen LogP contribution in [0.2, 0.25) is 0 Å². The summed E-state index contributed by atoms with van der Waals surface area (Å²) in [5.41, 5.74) is 2.07. The first-order chi connectivity index (χ1) is 14.1. The summed E-state index contributed by atoms with van der Waals surface area (Å²) in [7, 11) is 0. The second-order valence-electron chi connectivity index (χ2n) is 7.40. The highest BCUT2D eigenvalue weighted by Crippen LogP contribution is 2.36. The lowest BCUT2D eigenvalue weighted by Gasteiger charge is -2.25. The lowest BCUT2D eigenvalue weighted by atomic mass is 9.81. The maximum Gasteiger partial charge on any atom is 0.242 e. The lowest BCUT2D eigenvalue weighted by molar-refractivity contribution is -0.138. The molecular weight excluding hydrogens is 384 g/mol. The minimum Gasteiger partial charge on any atom is -0.299 e. The number of nitrogens with zero attached hydrogens (tertiary/aromatic N) is 1. The maximum atomic E-state index is 13.2. The van der Waals surface area contributed by atoms with Crippen LogP contribution in [0, 0.1) is 5.92 Å². The number of imide groups is 1. The van der Waals surface area contributed by atoms with Crippen LogP contribution in [0.15, 0.2) is 71.9 Å². The van der Waals surface area contributed by atoms with Crippen molar-refractivity contribution in [3.8, 4) is 0 Å². The molecule has 6 heteroatoms. The second kappa shape index (κ2) is 8.51. The highest BCUT2D eigenvalue weighted by molar-refractivity contribution is 8.00. The number of Topliss-reactive ketones (excluding diaryl/α,β-unsaturated/α-hetero) is 1. The molecule has 0 aromatic rings. The van der Waals surface area contributed by atoms with Gasteiger partial charge in [0.05, 0.1) is 17.2 Å². The van der Waals surface area contributed by atoms with Gasteiger partial charge in [-0.05, 0) is 18.1 Å². The molecule has 2 heterocycles. The summed E-state index contributed by atoms with van der Waals surface area (Å²) >= 11 is 1.42. The van der Waals surface area contributed by atoms with E-state index in [1.807, 2.05) is 54.7 Å². The molecule has 2 aliphatic heterocycles. The Labute approximate surface area is 175 Å². The van der Waals surface area contributed by atoms with E-state index in [1.54, 1.807) is 6.92 Å². The van der Waals surface area contributed by atoms with Crippen LogP contribution in [-0.4, -0.2) is 52.1 Å². The topological polar surface area (TPSA) is 66.5 Å². The van der Waals surface area contributed by atoms with Crippen molar-refractivity contribution in [1.29, 1.82) is 0 Å². The number of hydrogen-bond donors (Lipinski definition) is 1. The van der Waals surface area contributed by atoms with Crippen molar-refractivity contribution in [3.05, 3.63) is 71.9 Å². The summed E-state index contributed by atoms with van der Waals surface area (Å²) in [5.74, 6) is 0.159. The van der Waals surface area contributed by atoms with E-state index in [0.29, 0.717) is 12.3 Å².